The molecule has 21 heavy (non-hydrogen) atoms. The first-order valence-corrected chi connectivity index (χ1v) is 7.03. The van der Waals surface area contributed by atoms with Gasteiger partial charge in [-0.2, -0.15) is 8.78 Å². The van der Waals surface area contributed by atoms with Crippen LogP contribution in [0.1, 0.15) is 15.9 Å². The van der Waals surface area contributed by atoms with Crippen LogP contribution in [-0.4, -0.2) is 16.8 Å². The summed E-state index contributed by atoms with van der Waals surface area (Å²) in [6.07, 6.45) is 0. The molecule has 3 nitrogen and oxygen atoms in total. The van der Waals surface area contributed by atoms with Gasteiger partial charge in [0.25, 0.3) is 11.7 Å². The average Bonchev–Trinajstić information content (AvgIpc) is 2.47. The number of aliphatic hydroxyl groups excluding tert-OH is 1. The van der Waals surface area contributed by atoms with Gasteiger partial charge in [-0.05, 0) is 29.8 Å². The van der Waals surface area contributed by atoms with Gasteiger partial charge in [0.05, 0.1) is 12.2 Å². The van der Waals surface area contributed by atoms with E-state index in [2.05, 4.69) is 5.32 Å². The topological polar surface area (TPSA) is 49.3 Å². The van der Waals surface area contributed by atoms with Gasteiger partial charge in [0.15, 0.2) is 0 Å². The lowest BCUT2D eigenvalue weighted by molar-refractivity contribution is 0.102. The number of halogens is 2. The lowest BCUT2D eigenvalue weighted by atomic mass is 10.2. The molecule has 0 saturated carbocycles. The molecule has 0 aliphatic carbocycles. The first-order chi connectivity index (χ1) is 10.1. The molecule has 0 unspecified atom stereocenters. The maximum Gasteiger partial charge on any atom is 0.288 e. The Bertz CT molecular complexity index is 635. The Morgan fingerprint density at radius 3 is 2.67 bits per heavy atom. The van der Waals surface area contributed by atoms with Gasteiger partial charge in [-0.25, -0.2) is 0 Å². The second-order valence-corrected chi connectivity index (χ2v) is 5.22. The van der Waals surface area contributed by atoms with E-state index in [1.165, 1.54) is 12.1 Å². The van der Waals surface area contributed by atoms with Gasteiger partial charge < -0.3 is 10.4 Å². The first-order valence-electron chi connectivity index (χ1n) is 6.15. The highest BCUT2D eigenvalue weighted by Crippen LogP contribution is 2.28. The molecule has 1 amide bonds. The van der Waals surface area contributed by atoms with E-state index in [1.807, 2.05) is 0 Å². The fraction of sp³-hybridized carbons (Fsp3) is 0.133. The van der Waals surface area contributed by atoms with Crippen LogP contribution >= 0.6 is 11.8 Å². The number of thioether (sulfide) groups is 1. The van der Waals surface area contributed by atoms with Crippen LogP contribution in [-0.2, 0) is 6.61 Å². The smallest absolute Gasteiger partial charge is 0.288 e. The van der Waals surface area contributed by atoms with E-state index in [1.54, 1.807) is 36.4 Å². The summed E-state index contributed by atoms with van der Waals surface area (Å²) in [6, 6.07) is 12.9. The Morgan fingerprint density at radius 1 is 1.19 bits per heavy atom. The fourth-order valence-corrected chi connectivity index (χ4v) is 2.44. The number of carbonyl (C=O) groups excluding carboxylic acids is 1. The summed E-state index contributed by atoms with van der Waals surface area (Å²) in [5.74, 6) is -3.05. The van der Waals surface area contributed by atoms with Crippen LogP contribution in [0.4, 0.5) is 14.5 Å². The first kappa shape index (κ1) is 15.5. The van der Waals surface area contributed by atoms with Crippen LogP contribution in [0.3, 0.4) is 0 Å². The number of hydrogen-bond donors (Lipinski definition) is 2. The normalized spacial score (nSPS) is 10.7. The third kappa shape index (κ3) is 4.27. The monoisotopic (exact) mass is 309 g/mol. The molecule has 6 heteroatoms. The molecule has 0 spiro atoms. The van der Waals surface area contributed by atoms with Crippen molar-refractivity contribution in [1.82, 2.24) is 0 Å². The summed E-state index contributed by atoms with van der Waals surface area (Å²) in [6.45, 7) is -0.137. The third-order valence-corrected chi connectivity index (χ3v) is 3.50. The highest BCUT2D eigenvalue weighted by Gasteiger charge is 2.15. The second kappa shape index (κ2) is 7.19. The van der Waals surface area contributed by atoms with Crippen molar-refractivity contribution in [2.75, 3.05) is 5.32 Å². The van der Waals surface area contributed by atoms with Crippen LogP contribution < -0.4 is 5.32 Å². The minimum atomic E-state index is -2.59. The van der Waals surface area contributed by atoms with Crippen molar-refractivity contribution in [3.63, 3.8) is 0 Å². The molecule has 0 bridgehead atoms. The highest BCUT2D eigenvalue weighted by molar-refractivity contribution is 7.99. The van der Waals surface area contributed by atoms with Gasteiger partial charge in [-0.15, -0.1) is 0 Å². The van der Waals surface area contributed by atoms with E-state index < -0.39 is 11.7 Å². The Morgan fingerprint density at radius 2 is 1.95 bits per heavy atom. The lowest BCUT2D eigenvalue weighted by Gasteiger charge is -2.10. The van der Waals surface area contributed by atoms with E-state index in [0.29, 0.717) is 23.0 Å². The van der Waals surface area contributed by atoms with E-state index in [-0.39, 0.29) is 17.1 Å². The predicted octanol–water partition coefficient (Wildman–Crippen LogP) is 3.75. The highest BCUT2D eigenvalue weighted by atomic mass is 32.2. The van der Waals surface area contributed by atoms with Crippen molar-refractivity contribution in [3.05, 3.63) is 59.7 Å². The van der Waals surface area contributed by atoms with Gasteiger partial charge in [-0.1, -0.05) is 36.0 Å². The SMILES string of the molecule is O=C(Nc1cccc(CO)c1)c1ccccc1SC(F)F. The Kier molecular flexibility index (Phi) is 5.30. The minimum Gasteiger partial charge on any atom is -0.392 e. The van der Waals surface area contributed by atoms with Crippen molar-refractivity contribution < 1.29 is 18.7 Å². The minimum absolute atomic E-state index is 0.137. The third-order valence-electron chi connectivity index (χ3n) is 2.72. The molecule has 0 aromatic heterocycles. The van der Waals surface area contributed by atoms with Crippen LogP contribution in [0.15, 0.2) is 53.4 Å². The quantitative estimate of drug-likeness (QED) is 0.827. The molecular weight excluding hydrogens is 296 g/mol. The Hall–Kier alpha value is -1.92. The average molecular weight is 309 g/mol. The number of aliphatic hydroxyl groups is 1. The molecule has 0 aliphatic heterocycles. The Labute approximate surface area is 125 Å². The van der Waals surface area contributed by atoms with Crippen LogP contribution in [0, 0.1) is 0 Å². The molecule has 2 N–H and O–H groups in total. The van der Waals surface area contributed by atoms with E-state index in [4.69, 9.17) is 5.11 Å². The van der Waals surface area contributed by atoms with Gasteiger partial charge in [0, 0.05) is 10.6 Å². The van der Waals surface area contributed by atoms with Crippen LogP contribution in [0.5, 0.6) is 0 Å². The summed E-state index contributed by atoms with van der Waals surface area (Å²) in [5, 5.41) is 11.7. The number of alkyl halides is 2. The van der Waals surface area contributed by atoms with Crippen LogP contribution in [0.2, 0.25) is 0 Å². The molecular formula is C15H13F2NO2S. The second-order valence-electron chi connectivity index (χ2n) is 4.19. The van der Waals surface area contributed by atoms with Gasteiger partial charge in [-0.3, -0.25) is 4.79 Å². The molecule has 0 fully saturated rings. The van der Waals surface area contributed by atoms with Gasteiger partial charge >= 0.3 is 0 Å². The summed E-state index contributed by atoms with van der Waals surface area (Å²) in [4.78, 5) is 12.4. The number of benzene rings is 2. The Balaban J connectivity index is 2.20. The molecule has 0 radical (unpaired) electrons. The molecule has 2 aromatic rings. The number of amides is 1. The number of nitrogens with one attached hydrogen (secondary N) is 1. The van der Waals surface area contributed by atoms with Crippen molar-refractivity contribution in [3.8, 4) is 0 Å². The van der Waals surface area contributed by atoms with Crippen molar-refractivity contribution in [1.29, 1.82) is 0 Å². The van der Waals surface area contributed by atoms with E-state index in [9.17, 15) is 13.6 Å². The summed E-state index contributed by atoms with van der Waals surface area (Å²) >= 11 is 0.337. The zero-order valence-corrected chi connectivity index (χ0v) is 11.7. The summed E-state index contributed by atoms with van der Waals surface area (Å²) in [7, 11) is 0. The van der Waals surface area contributed by atoms with Crippen LogP contribution in [0.25, 0.3) is 0 Å². The number of rotatable bonds is 5. The van der Waals surface area contributed by atoms with Crippen molar-refractivity contribution in [2.45, 2.75) is 17.3 Å². The molecule has 0 heterocycles. The van der Waals surface area contributed by atoms with E-state index >= 15 is 0 Å². The zero-order valence-electron chi connectivity index (χ0n) is 10.9. The number of carbonyl (C=O) groups is 1. The van der Waals surface area contributed by atoms with Crippen molar-refractivity contribution >= 4 is 23.4 Å². The molecule has 0 atom stereocenters. The summed E-state index contributed by atoms with van der Waals surface area (Å²) < 4.78 is 25.0. The molecule has 2 aromatic carbocycles. The van der Waals surface area contributed by atoms with Crippen molar-refractivity contribution in [2.24, 2.45) is 0 Å². The van der Waals surface area contributed by atoms with Gasteiger partial charge in [0.1, 0.15) is 0 Å². The molecule has 0 aliphatic rings. The lowest BCUT2D eigenvalue weighted by Crippen LogP contribution is -2.13. The molecule has 0 saturated heterocycles. The summed E-state index contributed by atoms with van der Waals surface area (Å²) in [5.41, 5.74) is 1.35. The maximum absolute atomic E-state index is 12.5. The number of hydrogen-bond acceptors (Lipinski definition) is 3. The largest absolute Gasteiger partial charge is 0.392 e. The molecule has 2 rings (SSSR count). The van der Waals surface area contributed by atoms with E-state index in [0.717, 1.165) is 0 Å². The fourth-order valence-electron chi connectivity index (χ4n) is 1.80. The van der Waals surface area contributed by atoms with Gasteiger partial charge in [0.2, 0.25) is 0 Å². The number of anilines is 1. The maximum atomic E-state index is 12.5. The standard InChI is InChI=1S/C15H13F2NO2S/c16-15(17)21-13-7-2-1-6-12(13)14(20)18-11-5-3-4-10(8-11)9-19/h1-8,15,19H,9H2,(H,18,20). The zero-order chi connectivity index (χ0) is 15.2. The molecule has 110 valence electrons. The predicted molar refractivity (Wildman–Crippen MR) is 78.6 cm³/mol.